The van der Waals surface area contributed by atoms with Gasteiger partial charge in [-0.25, -0.2) is 9.78 Å². The summed E-state index contributed by atoms with van der Waals surface area (Å²) in [4.78, 5) is 32.3. The van der Waals surface area contributed by atoms with E-state index >= 15 is 0 Å². The Morgan fingerprint density at radius 1 is 1.24 bits per heavy atom. The van der Waals surface area contributed by atoms with Crippen LogP contribution in [-0.4, -0.2) is 79.7 Å². The molecule has 220 valence electrons. The summed E-state index contributed by atoms with van der Waals surface area (Å²) < 4.78 is 35.4. The predicted octanol–water partition coefficient (Wildman–Crippen LogP) is 4.51. The third-order valence-corrected chi connectivity index (χ3v) is 6.74. The molecule has 11 heteroatoms. The van der Waals surface area contributed by atoms with E-state index in [-0.39, 0.29) is 35.3 Å². The summed E-state index contributed by atoms with van der Waals surface area (Å²) >= 11 is 0. The minimum Gasteiger partial charge on any atom is -0.494 e. The number of esters is 1. The average Bonchev–Trinajstić information content (AvgIpc) is 3.18. The first kappa shape index (κ1) is 25.8. The van der Waals surface area contributed by atoms with Gasteiger partial charge in [-0.15, -0.1) is 0 Å². The van der Waals surface area contributed by atoms with Crippen LogP contribution in [0.4, 0.5) is 34.5 Å². The van der Waals surface area contributed by atoms with E-state index in [2.05, 4.69) is 24.1 Å². The van der Waals surface area contributed by atoms with Crippen molar-refractivity contribution in [3.8, 4) is 5.75 Å². The number of hydrogen-bond donors (Lipinski definition) is 2. The van der Waals surface area contributed by atoms with Crippen LogP contribution < -0.4 is 25.6 Å². The fraction of sp³-hybridized carbons (Fsp3) is 0.467. The summed E-state index contributed by atoms with van der Waals surface area (Å²) in [6.45, 7) is 8.55. The molecule has 0 unspecified atom stereocenters. The Bertz CT molecular complexity index is 1530. The number of pyridine rings is 1. The second-order valence-corrected chi connectivity index (χ2v) is 11.4. The highest BCUT2D eigenvalue weighted by molar-refractivity contribution is 5.96. The molecule has 3 heterocycles. The van der Waals surface area contributed by atoms with Gasteiger partial charge in [0.1, 0.15) is 11.3 Å². The summed E-state index contributed by atoms with van der Waals surface area (Å²) in [5.74, 6) is 0.347. The minimum atomic E-state index is -2.42. The Hall–Kier alpha value is -4.12. The second-order valence-electron chi connectivity index (χ2n) is 11.4. The van der Waals surface area contributed by atoms with Gasteiger partial charge in [0.25, 0.3) is 0 Å². The molecule has 1 aliphatic heterocycles. The number of rotatable bonds is 10. The van der Waals surface area contributed by atoms with E-state index in [1.54, 1.807) is 26.0 Å². The van der Waals surface area contributed by atoms with Gasteiger partial charge >= 0.3 is 5.97 Å². The van der Waals surface area contributed by atoms with E-state index in [1.165, 1.54) is 18.2 Å². The quantitative estimate of drug-likeness (QED) is 0.267. The number of hydrogen-bond acceptors (Lipinski definition) is 11. The molecule has 1 aliphatic rings. The van der Waals surface area contributed by atoms with Crippen molar-refractivity contribution in [3.63, 3.8) is 0 Å². The first-order chi connectivity index (χ1) is 20.5. The lowest BCUT2D eigenvalue weighted by atomic mass is 9.91. The van der Waals surface area contributed by atoms with Gasteiger partial charge in [-0.1, -0.05) is 13.8 Å². The zero-order valence-corrected chi connectivity index (χ0v) is 25.1. The summed E-state index contributed by atoms with van der Waals surface area (Å²) in [6.07, 6.45) is 1.10. The molecule has 11 nitrogen and oxygen atoms in total. The average molecular weight is 566 g/mol. The Labute approximate surface area is 246 Å². The van der Waals surface area contributed by atoms with Crippen molar-refractivity contribution in [3.05, 3.63) is 47.4 Å². The maximum atomic E-state index is 13.2. The molecule has 2 aromatic heterocycles. The van der Waals surface area contributed by atoms with Gasteiger partial charge in [0, 0.05) is 54.1 Å². The Morgan fingerprint density at radius 3 is 2.66 bits per heavy atom. The molecule has 4 rings (SSSR count). The van der Waals surface area contributed by atoms with Gasteiger partial charge in [-0.2, -0.15) is 4.98 Å². The summed E-state index contributed by atoms with van der Waals surface area (Å²) in [5.41, 5.74) is 9.95. The Balaban J connectivity index is 1.77. The lowest BCUT2D eigenvalue weighted by Gasteiger charge is -2.25. The predicted molar refractivity (Wildman–Crippen MR) is 164 cm³/mol. The molecule has 3 aromatic rings. The standard InChI is InChI=1S/C30H42N8O3/c1-18(2)41-28(39)20-16-32-29(35-27(20)38-17-30(4,5)26-23(38)11-10-19(3)33-26)34-22-14-21(31)24(15-25(22)40-9)37(8)13-12-36(6)7/h10-11,14-16,18H,12-13,17,31H2,1-9H3,(H,32,34,35)/i8D3. The maximum Gasteiger partial charge on any atom is 0.343 e. The van der Waals surface area contributed by atoms with Gasteiger partial charge in [0.15, 0.2) is 5.82 Å². The van der Waals surface area contributed by atoms with Crippen molar-refractivity contribution in [1.82, 2.24) is 19.9 Å². The lowest BCUT2D eigenvalue weighted by molar-refractivity contribution is 0.0378. The van der Waals surface area contributed by atoms with Crippen molar-refractivity contribution < 1.29 is 18.4 Å². The van der Waals surface area contributed by atoms with Gasteiger partial charge in [0.2, 0.25) is 5.95 Å². The number of anilines is 6. The van der Waals surface area contributed by atoms with Crippen LogP contribution in [0.15, 0.2) is 30.5 Å². The number of likely N-dealkylation sites (N-methyl/N-ethyl adjacent to an activating group) is 2. The number of nitrogens with one attached hydrogen (secondary N) is 1. The van der Waals surface area contributed by atoms with Crippen LogP contribution in [0.1, 0.15) is 53.6 Å². The van der Waals surface area contributed by atoms with E-state index < -0.39 is 12.9 Å². The van der Waals surface area contributed by atoms with Gasteiger partial charge in [-0.05, 0) is 53.1 Å². The number of aryl methyl sites for hydroxylation is 1. The number of carbonyl (C=O) groups is 1. The Morgan fingerprint density at radius 2 is 2.00 bits per heavy atom. The molecule has 0 bridgehead atoms. The number of fused-ring (bicyclic) bond motifs is 1. The molecule has 0 fully saturated rings. The van der Waals surface area contributed by atoms with E-state index in [0.29, 0.717) is 36.0 Å². The summed E-state index contributed by atoms with van der Waals surface area (Å²) in [7, 11) is 5.22. The van der Waals surface area contributed by atoms with Gasteiger partial charge < -0.3 is 35.2 Å². The van der Waals surface area contributed by atoms with Crippen LogP contribution in [0.2, 0.25) is 0 Å². The first-order valence-corrected chi connectivity index (χ1v) is 13.5. The molecule has 0 radical (unpaired) electrons. The number of nitrogens with two attached hydrogens (primary N) is 1. The molecule has 0 saturated carbocycles. The van der Waals surface area contributed by atoms with Crippen molar-refractivity contribution in [2.24, 2.45) is 0 Å². The minimum absolute atomic E-state index is 0.179. The fourth-order valence-corrected chi connectivity index (χ4v) is 4.70. The number of methoxy groups -OCH3 is 1. The van der Waals surface area contributed by atoms with Crippen molar-refractivity contribution in [1.29, 1.82) is 0 Å². The number of aromatic nitrogens is 3. The second kappa shape index (κ2) is 11.8. The van der Waals surface area contributed by atoms with Gasteiger partial charge in [-0.3, -0.25) is 4.98 Å². The summed E-state index contributed by atoms with van der Waals surface area (Å²) in [5, 5.41) is 3.15. The van der Waals surface area contributed by atoms with E-state index in [9.17, 15) is 4.79 Å². The molecule has 41 heavy (non-hydrogen) atoms. The SMILES string of the molecule is [2H]C([2H])([2H])N(CCN(C)C)c1cc(OC)c(Nc2ncc(C(=O)OC(C)C)c(N3CC(C)(C)c4nc(C)ccc43)n2)cc1N. The van der Waals surface area contributed by atoms with Crippen LogP contribution in [0.3, 0.4) is 0 Å². The van der Waals surface area contributed by atoms with Gasteiger partial charge in [0.05, 0.1) is 41.7 Å². The smallest absolute Gasteiger partial charge is 0.343 e. The third-order valence-electron chi connectivity index (χ3n) is 6.74. The van der Waals surface area contributed by atoms with Crippen LogP contribution in [0.5, 0.6) is 5.75 Å². The van der Waals surface area contributed by atoms with Crippen molar-refractivity contribution in [2.75, 3.05) is 68.7 Å². The Kier molecular flexibility index (Phi) is 7.42. The molecule has 1 aromatic carbocycles. The largest absolute Gasteiger partial charge is 0.494 e. The summed E-state index contributed by atoms with van der Waals surface area (Å²) in [6, 6.07) is 7.08. The number of nitrogen functional groups attached to an aromatic ring is 1. The number of benzene rings is 1. The van der Waals surface area contributed by atoms with Crippen molar-refractivity contribution in [2.45, 2.75) is 46.1 Å². The van der Waals surface area contributed by atoms with E-state index in [0.717, 1.165) is 17.1 Å². The fourth-order valence-electron chi connectivity index (χ4n) is 4.70. The highest BCUT2D eigenvalue weighted by atomic mass is 16.5. The molecule has 0 atom stereocenters. The number of ether oxygens (including phenoxy) is 2. The monoisotopic (exact) mass is 565 g/mol. The topological polar surface area (TPSA) is 122 Å². The third kappa shape index (κ3) is 6.45. The number of carbonyl (C=O) groups excluding carboxylic acids is 1. The highest BCUT2D eigenvalue weighted by Gasteiger charge is 2.39. The van der Waals surface area contributed by atoms with E-state index in [1.807, 2.05) is 43.0 Å². The molecule has 0 aliphatic carbocycles. The maximum absolute atomic E-state index is 13.2. The molecule has 0 saturated heterocycles. The molecular formula is C30H42N8O3. The lowest BCUT2D eigenvalue weighted by Crippen LogP contribution is -2.29. The number of nitrogens with zero attached hydrogens (tertiary/aromatic N) is 6. The zero-order chi connectivity index (χ0) is 32.6. The molecule has 0 amide bonds. The highest BCUT2D eigenvalue weighted by Crippen LogP contribution is 2.44. The van der Waals surface area contributed by atoms with Crippen LogP contribution >= 0.6 is 0 Å². The van der Waals surface area contributed by atoms with Crippen LogP contribution in [-0.2, 0) is 10.2 Å². The van der Waals surface area contributed by atoms with E-state index in [4.69, 9.17) is 29.3 Å². The zero-order valence-electron chi connectivity index (χ0n) is 28.1. The van der Waals surface area contributed by atoms with Crippen LogP contribution in [0.25, 0.3) is 0 Å². The van der Waals surface area contributed by atoms with Crippen LogP contribution in [0, 0.1) is 6.92 Å². The molecule has 0 spiro atoms. The molecule has 3 N–H and O–H groups in total. The molecular weight excluding hydrogens is 520 g/mol. The van der Waals surface area contributed by atoms with Crippen molar-refractivity contribution >= 4 is 40.5 Å². The normalized spacial score (nSPS) is 15.3. The first-order valence-electron chi connectivity index (χ1n) is 15.0.